The molecule has 0 aromatic heterocycles. The van der Waals surface area contributed by atoms with E-state index in [0.717, 1.165) is 76.5 Å². The Morgan fingerprint density at radius 3 is 2.57 bits per heavy atom. The zero-order valence-corrected chi connectivity index (χ0v) is 21.5. The summed E-state index contributed by atoms with van der Waals surface area (Å²) in [7, 11) is 5.68. The van der Waals surface area contributed by atoms with E-state index in [4.69, 9.17) is 21.1 Å². The first-order valence-corrected chi connectivity index (χ1v) is 10.7. The van der Waals surface area contributed by atoms with E-state index >= 15 is 0 Å². The van der Waals surface area contributed by atoms with Gasteiger partial charge in [-0.15, -0.1) is 24.0 Å². The maximum absolute atomic E-state index is 6.09. The molecule has 9 heteroatoms. The molecule has 1 atom stereocenters. The van der Waals surface area contributed by atoms with Crippen LogP contribution in [0.2, 0.25) is 5.02 Å². The van der Waals surface area contributed by atoms with Gasteiger partial charge in [0.2, 0.25) is 0 Å². The van der Waals surface area contributed by atoms with E-state index in [1.165, 1.54) is 5.56 Å². The summed E-state index contributed by atoms with van der Waals surface area (Å²) >= 11 is 6.09. The normalized spacial score (nSPS) is 16.2. The average molecular weight is 554 g/mol. The molecule has 1 fully saturated rings. The van der Waals surface area contributed by atoms with Gasteiger partial charge in [0.1, 0.15) is 0 Å². The van der Waals surface area contributed by atoms with Crippen molar-refractivity contribution in [3.05, 3.63) is 34.9 Å². The molecule has 1 unspecified atom stereocenters. The smallest absolute Gasteiger partial charge is 0.191 e. The number of guanidine groups is 1. The molecule has 0 bridgehead atoms. The third-order valence-corrected chi connectivity index (χ3v) is 5.35. The van der Waals surface area contributed by atoms with Gasteiger partial charge in [-0.1, -0.05) is 23.7 Å². The second-order valence-electron chi connectivity index (χ2n) is 7.25. The fourth-order valence-electron chi connectivity index (χ4n) is 3.40. The minimum absolute atomic E-state index is 0. The third-order valence-electron chi connectivity index (χ3n) is 5.10. The molecule has 1 aliphatic heterocycles. The molecule has 1 heterocycles. The number of likely N-dealkylation sites (N-methyl/N-ethyl adjacent to an activating group) is 1. The van der Waals surface area contributed by atoms with Gasteiger partial charge in [-0.05, 0) is 31.2 Å². The first-order chi connectivity index (χ1) is 14.1. The van der Waals surface area contributed by atoms with Crippen molar-refractivity contribution in [2.24, 2.45) is 4.99 Å². The van der Waals surface area contributed by atoms with Gasteiger partial charge in [0, 0.05) is 65.1 Å². The van der Waals surface area contributed by atoms with Crippen molar-refractivity contribution in [1.29, 1.82) is 0 Å². The Bertz CT molecular complexity index is 600. The van der Waals surface area contributed by atoms with E-state index in [-0.39, 0.29) is 30.0 Å². The Morgan fingerprint density at radius 2 is 1.93 bits per heavy atom. The molecule has 0 amide bonds. The number of aliphatic imine (C=N–C) groups is 1. The summed E-state index contributed by atoms with van der Waals surface area (Å²) in [5.41, 5.74) is 1.25. The molecular formula is C21H37ClIN5O2. The van der Waals surface area contributed by atoms with Crippen LogP contribution in [0.1, 0.15) is 18.0 Å². The van der Waals surface area contributed by atoms with Crippen molar-refractivity contribution in [2.75, 3.05) is 80.3 Å². The molecule has 1 aromatic rings. The predicted octanol–water partition coefficient (Wildman–Crippen LogP) is 2.46. The highest BCUT2D eigenvalue weighted by molar-refractivity contribution is 14.0. The molecule has 30 heavy (non-hydrogen) atoms. The van der Waals surface area contributed by atoms with Crippen LogP contribution < -0.4 is 10.6 Å². The van der Waals surface area contributed by atoms with Crippen LogP contribution in [-0.4, -0.2) is 96.1 Å². The molecule has 2 rings (SSSR count). The second-order valence-corrected chi connectivity index (χ2v) is 7.68. The quantitative estimate of drug-likeness (QED) is 0.190. The monoisotopic (exact) mass is 553 g/mol. The summed E-state index contributed by atoms with van der Waals surface area (Å²) in [6.07, 6.45) is 1.04. The topological polar surface area (TPSA) is 61.4 Å². The van der Waals surface area contributed by atoms with Gasteiger partial charge in [0.05, 0.1) is 19.3 Å². The van der Waals surface area contributed by atoms with Gasteiger partial charge in [0.25, 0.3) is 0 Å². The second kappa shape index (κ2) is 16.0. The van der Waals surface area contributed by atoms with Crippen molar-refractivity contribution >= 4 is 41.5 Å². The van der Waals surface area contributed by atoms with Gasteiger partial charge in [-0.3, -0.25) is 9.89 Å². The summed E-state index contributed by atoms with van der Waals surface area (Å²) in [6, 6.07) is 8.37. The highest BCUT2D eigenvalue weighted by atomic mass is 127. The Labute approximate surface area is 203 Å². The number of nitrogens with one attached hydrogen (secondary N) is 2. The lowest BCUT2D eigenvalue weighted by Gasteiger charge is -2.35. The van der Waals surface area contributed by atoms with Crippen LogP contribution >= 0.6 is 35.6 Å². The minimum Gasteiger partial charge on any atom is -0.385 e. The Kier molecular flexibility index (Phi) is 14.6. The van der Waals surface area contributed by atoms with Gasteiger partial charge >= 0.3 is 0 Å². The van der Waals surface area contributed by atoms with Crippen molar-refractivity contribution in [1.82, 2.24) is 20.4 Å². The first kappa shape index (κ1) is 27.4. The molecule has 172 valence electrons. The van der Waals surface area contributed by atoms with Crippen LogP contribution in [0.4, 0.5) is 0 Å². The molecule has 1 aliphatic rings. The molecule has 0 aliphatic carbocycles. The highest BCUT2D eigenvalue weighted by Crippen LogP contribution is 2.23. The van der Waals surface area contributed by atoms with Crippen molar-refractivity contribution in [2.45, 2.75) is 12.5 Å². The lowest BCUT2D eigenvalue weighted by atomic mass is 10.0. The highest BCUT2D eigenvalue weighted by Gasteiger charge is 2.22. The fourth-order valence-corrected chi connectivity index (χ4v) is 3.53. The zero-order valence-electron chi connectivity index (χ0n) is 18.4. The van der Waals surface area contributed by atoms with Crippen molar-refractivity contribution < 1.29 is 9.47 Å². The number of morpholine rings is 1. The summed E-state index contributed by atoms with van der Waals surface area (Å²) in [5, 5.41) is 7.66. The largest absolute Gasteiger partial charge is 0.385 e. The summed E-state index contributed by atoms with van der Waals surface area (Å²) in [5.74, 6) is 0.822. The Hall–Kier alpha value is -0.650. The number of rotatable bonds is 11. The summed E-state index contributed by atoms with van der Waals surface area (Å²) in [4.78, 5) is 9.13. The first-order valence-electron chi connectivity index (χ1n) is 10.3. The Morgan fingerprint density at radius 1 is 1.23 bits per heavy atom. The van der Waals surface area contributed by atoms with Gasteiger partial charge < -0.3 is 25.0 Å². The zero-order chi connectivity index (χ0) is 20.9. The summed E-state index contributed by atoms with van der Waals surface area (Å²) < 4.78 is 10.6. The standard InChI is InChI=1S/C21H36ClN5O2.HI/c1-23-21(24-9-11-26(2)10-4-14-28-3)25-17-20(27-12-15-29-16-13-27)18-5-7-19(22)8-6-18;/h5-8,20H,4,9-17H2,1-3H3,(H2,23,24,25);1H. The molecular weight excluding hydrogens is 517 g/mol. The van der Waals surface area contributed by atoms with Crippen LogP contribution in [0.5, 0.6) is 0 Å². The maximum atomic E-state index is 6.09. The number of methoxy groups -OCH3 is 1. The van der Waals surface area contributed by atoms with Crippen LogP contribution in [0.3, 0.4) is 0 Å². The molecule has 0 radical (unpaired) electrons. The van der Waals surface area contributed by atoms with E-state index in [1.807, 2.05) is 19.2 Å². The van der Waals surface area contributed by atoms with Gasteiger partial charge in [-0.25, -0.2) is 0 Å². The molecule has 0 saturated carbocycles. The average Bonchev–Trinajstić information content (AvgIpc) is 2.74. The Balaban J connectivity index is 0.00000450. The van der Waals surface area contributed by atoms with Crippen LogP contribution in [0, 0.1) is 0 Å². The fraction of sp³-hybridized carbons (Fsp3) is 0.667. The van der Waals surface area contributed by atoms with Crippen LogP contribution in [0.15, 0.2) is 29.3 Å². The van der Waals surface area contributed by atoms with Gasteiger partial charge in [0.15, 0.2) is 5.96 Å². The number of hydrogen-bond donors (Lipinski definition) is 2. The third kappa shape index (κ3) is 10.1. The van der Waals surface area contributed by atoms with Crippen LogP contribution in [0.25, 0.3) is 0 Å². The molecule has 0 spiro atoms. The van der Waals surface area contributed by atoms with Gasteiger partial charge in [-0.2, -0.15) is 0 Å². The molecule has 1 aromatic carbocycles. The SMILES string of the molecule is CN=C(NCCN(C)CCCOC)NCC(c1ccc(Cl)cc1)N1CCOCC1.I. The van der Waals surface area contributed by atoms with Crippen molar-refractivity contribution in [3.63, 3.8) is 0 Å². The molecule has 2 N–H and O–H groups in total. The van der Waals surface area contributed by atoms with Crippen molar-refractivity contribution in [3.8, 4) is 0 Å². The van der Waals surface area contributed by atoms with Crippen LogP contribution in [-0.2, 0) is 9.47 Å². The minimum atomic E-state index is 0. The van der Waals surface area contributed by atoms with E-state index in [1.54, 1.807) is 7.11 Å². The number of hydrogen-bond acceptors (Lipinski definition) is 5. The van der Waals surface area contributed by atoms with E-state index < -0.39 is 0 Å². The van der Waals surface area contributed by atoms with E-state index in [2.05, 4.69) is 44.6 Å². The lowest BCUT2D eigenvalue weighted by Crippen LogP contribution is -2.47. The molecule has 1 saturated heterocycles. The summed E-state index contributed by atoms with van der Waals surface area (Å²) in [6.45, 7) is 7.77. The number of nitrogens with zero attached hydrogens (tertiary/aromatic N) is 3. The number of benzene rings is 1. The number of halogens is 2. The predicted molar refractivity (Wildman–Crippen MR) is 135 cm³/mol. The number of ether oxygens (including phenoxy) is 2. The molecule has 7 nitrogen and oxygen atoms in total. The maximum Gasteiger partial charge on any atom is 0.191 e. The lowest BCUT2D eigenvalue weighted by molar-refractivity contribution is 0.0170. The van der Waals surface area contributed by atoms with E-state index in [0.29, 0.717) is 0 Å². The van der Waals surface area contributed by atoms with E-state index in [9.17, 15) is 0 Å².